The van der Waals surface area contributed by atoms with Crippen LogP contribution in [0.25, 0.3) is 10.1 Å². The zero-order valence-electron chi connectivity index (χ0n) is 12.2. The van der Waals surface area contributed by atoms with E-state index >= 15 is 0 Å². The summed E-state index contributed by atoms with van der Waals surface area (Å²) in [4.78, 5) is 0. The molecule has 1 atom stereocenters. The van der Waals surface area contributed by atoms with Crippen molar-refractivity contribution < 1.29 is 0 Å². The summed E-state index contributed by atoms with van der Waals surface area (Å²) in [6.45, 7) is 5.10. The molecule has 1 aromatic heterocycles. The fraction of sp³-hybridized carbons (Fsp3) is 0.222. The van der Waals surface area contributed by atoms with Crippen molar-refractivity contribution in [2.75, 3.05) is 6.54 Å². The molecule has 3 aromatic rings. The number of hydrogen-bond donors (Lipinski definition) is 1. The van der Waals surface area contributed by atoms with E-state index in [0.29, 0.717) is 0 Å². The van der Waals surface area contributed by atoms with E-state index in [9.17, 15) is 0 Å². The number of fused-ring (bicyclic) bond motifs is 1. The molecule has 0 aliphatic carbocycles. The molecular formula is C18H18ClNS. The lowest BCUT2D eigenvalue weighted by atomic mass is 9.97. The van der Waals surface area contributed by atoms with E-state index in [4.69, 9.17) is 11.6 Å². The van der Waals surface area contributed by atoms with Gasteiger partial charge in [0.25, 0.3) is 0 Å². The lowest BCUT2D eigenvalue weighted by Gasteiger charge is -2.20. The van der Waals surface area contributed by atoms with E-state index < -0.39 is 0 Å². The molecule has 3 rings (SSSR count). The van der Waals surface area contributed by atoms with Gasteiger partial charge in [-0.05, 0) is 53.1 Å². The van der Waals surface area contributed by atoms with Gasteiger partial charge in [0, 0.05) is 9.72 Å². The molecule has 0 bridgehead atoms. The van der Waals surface area contributed by atoms with Crippen molar-refractivity contribution in [3.8, 4) is 0 Å². The van der Waals surface area contributed by atoms with Crippen molar-refractivity contribution >= 4 is 33.0 Å². The summed E-state index contributed by atoms with van der Waals surface area (Å²) >= 11 is 8.28. The van der Waals surface area contributed by atoms with Gasteiger partial charge in [-0.2, -0.15) is 0 Å². The molecule has 21 heavy (non-hydrogen) atoms. The minimum atomic E-state index is 0.138. The third-order valence-corrected chi connectivity index (χ3v) is 5.01. The zero-order chi connectivity index (χ0) is 14.8. The monoisotopic (exact) mass is 315 g/mol. The van der Waals surface area contributed by atoms with Crippen molar-refractivity contribution in [1.29, 1.82) is 0 Å². The molecule has 0 saturated heterocycles. The van der Waals surface area contributed by atoms with Crippen LogP contribution < -0.4 is 5.32 Å². The Bertz CT molecular complexity index is 763. The highest BCUT2D eigenvalue weighted by atomic mass is 35.5. The average Bonchev–Trinajstić information content (AvgIpc) is 2.89. The molecule has 0 fully saturated rings. The highest BCUT2D eigenvalue weighted by Crippen LogP contribution is 2.36. The fourth-order valence-corrected chi connectivity index (χ4v) is 4.01. The Balaban J connectivity index is 2.13. The SMILES string of the molecule is CCNC(c1ccc(C)cc1Cl)c1csc2ccccc12. The minimum Gasteiger partial charge on any atom is -0.306 e. The molecule has 3 heteroatoms. The number of thiophene rings is 1. The van der Waals surface area contributed by atoms with Crippen LogP contribution in [-0.4, -0.2) is 6.54 Å². The Hall–Kier alpha value is -1.35. The summed E-state index contributed by atoms with van der Waals surface area (Å²) in [5.41, 5.74) is 3.64. The van der Waals surface area contributed by atoms with Crippen LogP contribution in [-0.2, 0) is 0 Å². The van der Waals surface area contributed by atoms with Crippen LogP contribution in [0.4, 0.5) is 0 Å². The van der Waals surface area contributed by atoms with E-state index in [1.54, 1.807) is 11.3 Å². The van der Waals surface area contributed by atoms with Crippen LogP contribution in [0.2, 0.25) is 5.02 Å². The Morgan fingerprint density at radius 3 is 2.71 bits per heavy atom. The second kappa shape index (κ2) is 6.18. The first kappa shape index (κ1) is 14.6. The first-order valence-electron chi connectivity index (χ1n) is 7.16. The fourth-order valence-electron chi connectivity index (χ4n) is 2.68. The maximum absolute atomic E-state index is 6.49. The zero-order valence-corrected chi connectivity index (χ0v) is 13.8. The molecule has 0 aliphatic heterocycles. The normalized spacial score (nSPS) is 12.7. The van der Waals surface area contributed by atoms with Gasteiger partial charge in [0.1, 0.15) is 0 Å². The van der Waals surface area contributed by atoms with E-state index in [-0.39, 0.29) is 6.04 Å². The first-order chi connectivity index (χ1) is 10.2. The lowest BCUT2D eigenvalue weighted by Crippen LogP contribution is -2.22. The van der Waals surface area contributed by atoms with Gasteiger partial charge in [0.15, 0.2) is 0 Å². The van der Waals surface area contributed by atoms with Crippen molar-refractivity contribution in [1.82, 2.24) is 5.32 Å². The summed E-state index contributed by atoms with van der Waals surface area (Å²) in [5, 5.41) is 7.96. The molecule has 0 saturated carbocycles. The summed E-state index contributed by atoms with van der Waals surface area (Å²) in [6, 6.07) is 15.0. The molecule has 1 unspecified atom stereocenters. The Labute approximate surface area is 134 Å². The maximum Gasteiger partial charge on any atom is 0.0605 e. The molecule has 1 N–H and O–H groups in total. The van der Waals surface area contributed by atoms with Gasteiger partial charge in [-0.15, -0.1) is 11.3 Å². The highest BCUT2D eigenvalue weighted by Gasteiger charge is 2.19. The van der Waals surface area contributed by atoms with Crippen molar-refractivity contribution in [2.45, 2.75) is 19.9 Å². The van der Waals surface area contributed by atoms with Gasteiger partial charge in [-0.25, -0.2) is 0 Å². The van der Waals surface area contributed by atoms with E-state index in [1.807, 2.05) is 6.07 Å². The maximum atomic E-state index is 6.49. The van der Waals surface area contributed by atoms with E-state index in [2.05, 4.69) is 60.9 Å². The smallest absolute Gasteiger partial charge is 0.0605 e. The van der Waals surface area contributed by atoms with Crippen molar-refractivity contribution in [3.63, 3.8) is 0 Å². The molecule has 2 aromatic carbocycles. The van der Waals surface area contributed by atoms with Crippen LogP contribution in [0.15, 0.2) is 47.8 Å². The lowest BCUT2D eigenvalue weighted by molar-refractivity contribution is 0.636. The van der Waals surface area contributed by atoms with Gasteiger partial charge in [0.2, 0.25) is 0 Å². The Morgan fingerprint density at radius 1 is 1.14 bits per heavy atom. The average molecular weight is 316 g/mol. The third kappa shape index (κ3) is 2.84. The largest absolute Gasteiger partial charge is 0.306 e. The number of aryl methyl sites for hydroxylation is 1. The Kier molecular flexibility index (Phi) is 4.29. The highest BCUT2D eigenvalue weighted by molar-refractivity contribution is 7.17. The van der Waals surface area contributed by atoms with Crippen LogP contribution in [0, 0.1) is 6.92 Å². The van der Waals surface area contributed by atoms with Crippen molar-refractivity contribution in [2.24, 2.45) is 0 Å². The predicted molar refractivity (Wildman–Crippen MR) is 93.5 cm³/mol. The summed E-state index contributed by atoms with van der Waals surface area (Å²) in [6.07, 6.45) is 0. The molecular weight excluding hydrogens is 298 g/mol. The number of benzene rings is 2. The molecule has 0 radical (unpaired) electrons. The number of nitrogens with one attached hydrogen (secondary N) is 1. The first-order valence-corrected chi connectivity index (χ1v) is 8.42. The minimum absolute atomic E-state index is 0.138. The van der Waals surface area contributed by atoms with Gasteiger partial charge in [-0.3, -0.25) is 0 Å². The standard InChI is InChI=1S/C18H18ClNS/c1-3-20-18(14-9-8-12(2)10-16(14)19)15-11-21-17-7-5-4-6-13(15)17/h4-11,18,20H,3H2,1-2H3. The van der Waals surface area contributed by atoms with Crippen LogP contribution >= 0.6 is 22.9 Å². The molecule has 0 spiro atoms. The van der Waals surface area contributed by atoms with Gasteiger partial charge in [0.05, 0.1) is 6.04 Å². The molecule has 108 valence electrons. The van der Waals surface area contributed by atoms with Crippen LogP contribution in [0.3, 0.4) is 0 Å². The van der Waals surface area contributed by atoms with Gasteiger partial charge in [-0.1, -0.05) is 48.9 Å². The predicted octanol–water partition coefficient (Wildman–Crippen LogP) is 5.56. The van der Waals surface area contributed by atoms with Crippen molar-refractivity contribution in [3.05, 3.63) is 69.6 Å². The molecule has 0 aliphatic rings. The number of hydrogen-bond acceptors (Lipinski definition) is 2. The second-order valence-corrected chi connectivity index (χ2v) is 6.52. The molecule has 1 nitrogen and oxygen atoms in total. The number of halogens is 1. The molecule has 0 amide bonds. The summed E-state index contributed by atoms with van der Waals surface area (Å²) < 4.78 is 1.32. The topological polar surface area (TPSA) is 12.0 Å². The van der Waals surface area contributed by atoms with Crippen LogP contribution in [0.5, 0.6) is 0 Å². The van der Waals surface area contributed by atoms with E-state index in [1.165, 1.54) is 21.2 Å². The molecule has 1 heterocycles. The number of rotatable bonds is 4. The third-order valence-electron chi connectivity index (χ3n) is 3.70. The van der Waals surface area contributed by atoms with E-state index in [0.717, 1.165) is 17.1 Å². The second-order valence-electron chi connectivity index (χ2n) is 5.20. The summed E-state index contributed by atoms with van der Waals surface area (Å²) in [5.74, 6) is 0. The van der Waals surface area contributed by atoms with Gasteiger partial charge < -0.3 is 5.32 Å². The Morgan fingerprint density at radius 2 is 1.95 bits per heavy atom. The van der Waals surface area contributed by atoms with Gasteiger partial charge >= 0.3 is 0 Å². The van der Waals surface area contributed by atoms with Crippen LogP contribution in [0.1, 0.15) is 29.7 Å². The quantitative estimate of drug-likeness (QED) is 0.664. The summed E-state index contributed by atoms with van der Waals surface area (Å²) in [7, 11) is 0.